The Balaban J connectivity index is 2.26. The molecule has 0 fully saturated rings. The Morgan fingerprint density at radius 2 is 1.56 bits per heavy atom. The van der Waals surface area contributed by atoms with Crippen molar-refractivity contribution in [1.82, 2.24) is 5.32 Å². The van der Waals surface area contributed by atoms with Crippen molar-refractivity contribution >= 4 is 50.6 Å². The Morgan fingerprint density at radius 3 is 2.07 bits per heavy atom. The second-order valence-corrected chi connectivity index (χ2v) is 15.1. The molecule has 0 saturated carbocycles. The largest absolute Gasteiger partial charge is 0.458 e. The van der Waals surface area contributed by atoms with Gasteiger partial charge in [0, 0.05) is 31.1 Å². The molecule has 1 unspecified atom stereocenters. The predicted molar refractivity (Wildman–Crippen MR) is 165 cm³/mol. The number of hydrogen-bond acceptors (Lipinski definition) is 6. The van der Waals surface area contributed by atoms with Crippen molar-refractivity contribution in [3.05, 3.63) is 64.1 Å². The van der Waals surface area contributed by atoms with Gasteiger partial charge in [-0.1, -0.05) is 59.6 Å². The smallest absolute Gasteiger partial charge is 0.408 e. The van der Waals surface area contributed by atoms with Gasteiger partial charge in [0.1, 0.15) is 17.2 Å². The third-order valence-electron chi connectivity index (χ3n) is 5.61. The molecule has 7 nitrogen and oxygen atoms in total. The van der Waals surface area contributed by atoms with E-state index < -0.39 is 63.1 Å². The first-order chi connectivity index (χ1) is 19.5. The number of hydrogen-bond donors (Lipinski definition) is 2. The lowest BCUT2D eigenvalue weighted by atomic mass is 9.98. The van der Waals surface area contributed by atoms with Gasteiger partial charge in [0.2, 0.25) is 0 Å². The molecule has 1 amide bonds. The van der Waals surface area contributed by atoms with E-state index in [1.54, 1.807) is 71.9 Å². The molecule has 2 rings (SSSR count). The fourth-order valence-corrected chi connectivity index (χ4v) is 5.57. The summed E-state index contributed by atoms with van der Waals surface area (Å²) in [5.74, 6) is -1.71. The van der Waals surface area contributed by atoms with Gasteiger partial charge in [0.05, 0.1) is 12.2 Å². The van der Waals surface area contributed by atoms with Gasteiger partial charge in [-0.15, -0.1) is 0 Å². The molecule has 2 aromatic carbocycles. The highest BCUT2D eigenvalue weighted by Gasteiger charge is 2.31. The van der Waals surface area contributed by atoms with Crippen molar-refractivity contribution in [2.45, 2.75) is 77.8 Å². The van der Waals surface area contributed by atoms with Crippen LogP contribution in [-0.2, 0) is 24.0 Å². The van der Waals surface area contributed by atoms with E-state index in [-0.39, 0.29) is 17.6 Å². The number of alkyl carbamates (subject to hydrolysis) is 1. The summed E-state index contributed by atoms with van der Waals surface area (Å²) in [6.45, 7) is 9.80. The van der Waals surface area contributed by atoms with Gasteiger partial charge in [0.25, 0.3) is 0 Å². The van der Waals surface area contributed by atoms with Crippen LogP contribution < -0.4 is 5.32 Å². The van der Waals surface area contributed by atoms with Crippen LogP contribution in [0.15, 0.2) is 48.5 Å². The van der Waals surface area contributed by atoms with Crippen LogP contribution in [-0.4, -0.2) is 51.2 Å². The molecule has 0 saturated heterocycles. The lowest BCUT2D eigenvalue weighted by Crippen LogP contribution is -2.46. The maximum atomic E-state index is 13.5. The average Bonchev–Trinajstić information content (AvgIpc) is 2.82. The lowest BCUT2D eigenvalue weighted by molar-refractivity contribution is -0.157. The number of allylic oxidation sites excluding steroid dienone is 1. The Labute approximate surface area is 261 Å². The predicted octanol–water partition coefficient (Wildman–Crippen LogP) is 8.67. The molecule has 0 heterocycles. The number of rotatable bonds is 10. The molecular weight excluding hydrogens is 628 g/mol. The Morgan fingerprint density at radius 1 is 0.977 bits per heavy atom. The quantitative estimate of drug-likeness (QED) is 0.247. The van der Waals surface area contributed by atoms with Crippen LogP contribution in [0.1, 0.15) is 59.9 Å². The fourth-order valence-electron chi connectivity index (χ4n) is 3.79. The number of benzene rings is 2. The first-order valence-electron chi connectivity index (χ1n) is 13.3. The number of carbonyl (C=O) groups excluding carboxylic acids is 2. The Bertz CT molecular complexity index is 1430. The molecule has 2 aromatic rings. The molecular formula is C30H37Cl2F3N2O5S. The number of esters is 1. The first kappa shape index (κ1) is 36.4. The third-order valence-corrected chi connectivity index (χ3v) is 7.75. The summed E-state index contributed by atoms with van der Waals surface area (Å²) < 4.78 is 72.4. The van der Waals surface area contributed by atoms with Gasteiger partial charge in [-0.3, -0.25) is 4.78 Å². The highest BCUT2D eigenvalue weighted by atomic mass is 35.5. The summed E-state index contributed by atoms with van der Waals surface area (Å²) in [4.78, 5) is 25.1. The van der Waals surface area contributed by atoms with E-state index >= 15 is 0 Å². The van der Waals surface area contributed by atoms with E-state index in [2.05, 4.69) is 5.32 Å². The van der Waals surface area contributed by atoms with Crippen LogP contribution in [0.5, 0.6) is 0 Å². The maximum Gasteiger partial charge on any atom is 0.408 e. The molecule has 0 aliphatic rings. The summed E-state index contributed by atoms with van der Waals surface area (Å²) in [7, 11) is -3.52. The molecule has 13 heteroatoms. The number of amides is 1. The number of nitrogens with one attached hydrogen (secondary N) is 2. The molecule has 0 bridgehead atoms. The van der Waals surface area contributed by atoms with Crippen LogP contribution >= 0.6 is 23.2 Å². The van der Waals surface area contributed by atoms with Gasteiger partial charge < -0.3 is 14.8 Å². The number of halogens is 5. The normalized spacial score (nSPS) is 14.9. The molecule has 2 atom stereocenters. The van der Waals surface area contributed by atoms with Crippen molar-refractivity contribution < 1.29 is 36.4 Å². The zero-order chi connectivity index (χ0) is 32.8. The van der Waals surface area contributed by atoms with Crippen LogP contribution in [0.25, 0.3) is 16.7 Å². The van der Waals surface area contributed by atoms with E-state index in [4.69, 9.17) is 37.5 Å². The molecule has 238 valence electrons. The van der Waals surface area contributed by atoms with Gasteiger partial charge in [-0.05, 0) is 76.8 Å². The van der Waals surface area contributed by atoms with Crippen LogP contribution in [0.2, 0.25) is 10.0 Å². The van der Waals surface area contributed by atoms with Crippen LogP contribution in [0.3, 0.4) is 0 Å². The van der Waals surface area contributed by atoms with Crippen molar-refractivity contribution in [1.29, 1.82) is 4.78 Å². The highest BCUT2D eigenvalue weighted by Crippen LogP contribution is 2.34. The van der Waals surface area contributed by atoms with Crippen molar-refractivity contribution in [2.24, 2.45) is 0 Å². The number of carbonyl (C=O) groups is 2. The van der Waals surface area contributed by atoms with Gasteiger partial charge in [-0.25, -0.2) is 13.8 Å². The minimum Gasteiger partial charge on any atom is -0.458 e. The topological polar surface area (TPSA) is 106 Å². The maximum absolute atomic E-state index is 13.5. The Hall–Kier alpha value is -2.76. The van der Waals surface area contributed by atoms with Crippen molar-refractivity contribution in [2.75, 3.05) is 11.5 Å². The van der Waals surface area contributed by atoms with E-state index in [1.165, 1.54) is 12.1 Å². The molecule has 0 aromatic heterocycles. The zero-order valence-corrected chi connectivity index (χ0v) is 27.2. The van der Waals surface area contributed by atoms with Crippen molar-refractivity contribution in [3.63, 3.8) is 0 Å². The second kappa shape index (κ2) is 14.3. The summed E-state index contributed by atoms with van der Waals surface area (Å²) in [5.41, 5.74) is -0.364. The molecule has 0 spiro atoms. The minimum atomic E-state index is -4.56. The third kappa shape index (κ3) is 13.6. The standard InChI is InChI=1S/C30H37Cl2F3N2O5S/c1-28(2,3)41-26(38)25(37-27(39)42-29(4,5)6)14-16-43(36,40)15-13-21(18-30(33,34)35)19-7-9-20(10-8-19)23-12-11-22(31)17-24(23)32/h7-13,17,25,36H,14-16,18H2,1-6H3,(H,37,39)/b21-13+/t25-,43?/m0/s1. The van der Waals surface area contributed by atoms with E-state index in [0.29, 0.717) is 21.2 Å². The van der Waals surface area contributed by atoms with E-state index in [1.807, 2.05) is 0 Å². The molecule has 0 radical (unpaired) electrons. The second-order valence-electron chi connectivity index (χ2n) is 11.9. The number of alkyl halides is 3. The van der Waals surface area contributed by atoms with Gasteiger partial charge in [0.15, 0.2) is 0 Å². The van der Waals surface area contributed by atoms with E-state index in [9.17, 15) is 27.0 Å². The zero-order valence-electron chi connectivity index (χ0n) is 24.9. The first-order valence-corrected chi connectivity index (χ1v) is 16.0. The summed E-state index contributed by atoms with van der Waals surface area (Å²) in [5, 5.41) is 3.21. The van der Waals surface area contributed by atoms with Gasteiger partial charge >= 0.3 is 18.2 Å². The van der Waals surface area contributed by atoms with E-state index in [0.717, 1.165) is 6.08 Å². The molecule has 0 aliphatic heterocycles. The average molecular weight is 666 g/mol. The number of ether oxygens (including phenoxy) is 2. The summed E-state index contributed by atoms with van der Waals surface area (Å²) in [6, 6.07) is 9.82. The van der Waals surface area contributed by atoms with Gasteiger partial charge in [-0.2, -0.15) is 13.2 Å². The summed E-state index contributed by atoms with van der Waals surface area (Å²) in [6.07, 6.45) is -5.89. The summed E-state index contributed by atoms with van der Waals surface area (Å²) >= 11 is 12.2. The van der Waals surface area contributed by atoms with Crippen molar-refractivity contribution in [3.8, 4) is 11.1 Å². The monoisotopic (exact) mass is 664 g/mol. The molecule has 0 aliphatic carbocycles. The van der Waals surface area contributed by atoms with Crippen LogP contribution in [0, 0.1) is 4.78 Å². The fraction of sp³-hybridized carbons (Fsp3) is 0.467. The lowest BCUT2D eigenvalue weighted by Gasteiger charge is -2.26. The Kier molecular flexibility index (Phi) is 12.2. The molecule has 2 N–H and O–H groups in total. The molecule has 43 heavy (non-hydrogen) atoms. The highest BCUT2D eigenvalue weighted by molar-refractivity contribution is 7.92. The minimum absolute atomic E-state index is 0.156. The SMILES string of the molecule is CC(C)(C)OC(=O)N[C@@H](CCS(=N)(=O)C/C=C(\CC(F)(F)F)c1ccc(-c2ccc(Cl)cc2Cl)cc1)C(=O)OC(C)(C)C. The van der Waals surface area contributed by atoms with Crippen LogP contribution in [0.4, 0.5) is 18.0 Å².